The largest absolute Gasteiger partial charge is 0.325 e. The number of carbonyl (C=O) groups excluding carboxylic acids is 1. The van der Waals surface area contributed by atoms with Gasteiger partial charge >= 0.3 is 0 Å². The van der Waals surface area contributed by atoms with Gasteiger partial charge in [0.2, 0.25) is 15.7 Å². The third kappa shape index (κ3) is 5.29. The van der Waals surface area contributed by atoms with Crippen LogP contribution in [0.2, 0.25) is 5.02 Å². The van der Waals surface area contributed by atoms with Gasteiger partial charge in [-0.1, -0.05) is 29.4 Å². The van der Waals surface area contributed by atoms with Crippen LogP contribution in [0, 0.1) is 13.8 Å². The number of nitrogens with zero attached hydrogens (tertiary/aromatic N) is 1. The molecule has 0 fully saturated rings. The molecule has 10 heteroatoms. The zero-order chi connectivity index (χ0) is 21.9. The number of nitrogens with one attached hydrogen (secondary N) is 2. The number of hydrogen-bond donors (Lipinski definition) is 2. The van der Waals surface area contributed by atoms with Crippen molar-refractivity contribution in [2.45, 2.75) is 28.8 Å². The lowest BCUT2D eigenvalue weighted by Gasteiger charge is -2.08. The Bertz CT molecular complexity index is 1240. The number of anilines is 1. The molecule has 0 saturated heterocycles. The van der Waals surface area contributed by atoms with E-state index in [2.05, 4.69) is 15.3 Å². The molecule has 1 heterocycles. The van der Waals surface area contributed by atoms with Crippen LogP contribution in [-0.4, -0.2) is 30.0 Å². The van der Waals surface area contributed by atoms with E-state index in [1.165, 1.54) is 24.3 Å². The van der Waals surface area contributed by atoms with E-state index >= 15 is 0 Å². The number of thioether (sulfide) groups is 1. The number of benzene rings is 2. The maximum absolute atomic E-state index is 12.6. The predicted octanol–water partition coefficient (Wildman–Crippen LogP) is 3.60. The minimum absolute atomic E-state index is 0.000783. The molecule has 30 heavy (non-hydrogen) atoms. The molecule has 0 spiro atoms. The highest BCUT2D eigenvalue weighted by Gasteiger charge is 2.22. The molecule has 1 aromatic heterocycles. The summed E-state index contributed by atoms with van der Waals surface area (Å²) in [5, 5.41) is 3.31. The van der Waals surface area contributed by atoms with E-state index in [0.29, 0.717) is 10.7 Å². The predicted molar refractivity (Wildman–Crippen MR) is 117 cm³/mol. The average Bonchev–Trinajstić information content (AvgIpc) is 2.65. The molecular formula is C20H18ClN3O4S2. The second-order valence-electron chi connectivity index (χ2n) is 6.55. The van der Waals surface area contributed by atoms with Gasteiger partial charge < -0.3 is 10.3 Å². The zero-order valence-electron chi connectivity index (χ0n) is 16.1. The Kier molecular flexibility index (Phi) is 6.64. The number of carbonyl (C=O) groups is 1. The van der Waals surface area contributed by atoms with Gasteiger partial charge in [0, 0.05) is 10.7 Å². The van der Waals surface area contributed by atoms with E-state index in [4.69, 9.17) is 11.6 Å². The molecule has 3 rings (SSSR count). The second kappa shape index (κ2) is 9.03. The first-order valence-electron chi connectivity index (χ1n) is 8.76. The molecule has 0 unspecified atom stereocenters. The fourth-order valence-electron chi connectivity index (χ4n) is 2.75. The lowest BCUT2D eigenvalue weighted by Crippen LogP contribution is -2.20. The van der Waals surface area contributed by atoms with E-state index < -0.39 is 20.3 Å². The van der Waals surface area contributed by atoms with E-state index in [0.717, 1.165) is 29.1 Å². The molecule has 7 nitrogen and oxygen atoms in total. The van der Waals surface area contributed by atoms with Crippen LogP contribution < -0.4 is 10.9 Å². The number of aromatic amines is 1. The summed E-state index contributed by atoms with van der Waals surface area (Å²) in [7, 11) is -4.04. The Balaban J connectivity index is 1.70. The summed E-state index contributed by atoms with van der Waals surface area (Å²) in [4.78, 5) is 30.3. The normalized spacial score (nSPS) is 11.3. The Labute approximate surface area is 182 Å². The van der Waals surface area contributed by atoms with Crippen LogP contribution >= 0.6 is 23.4 Å². The van der Waals surface area contributed by atoms with E-state index in [9.17, 15) is 18.0 Å². The highest BCUT2D eigenvalue weighted by molar-refractivity contribution is 7.99. The van der Waals surface area contributed by atoms with Crippen molar-refractivity contribution in [3.63, 3.8) is 0 Å². The first-order chi connectivity index (χ1) is 14.1. The van der Waals surface area contributed by atoms with Crippen molar-refractivity contribution in [2.24, 2.45) is 0 Å². The summed E-state index contributed by atoms with van der Waals surface area (Å²) in [6.45, 7) is 3.87. The molecule has 0 aliphatic heterocycles. The molecule has 0 atom stereocenters. The number of amides is 1. The van der Waals surface area contributed by atoms with Crippen molar-refractivity contribution < 1.29 is 13.2 Å². The molecule has 0 aliphatic rings. The maximum atomic E-state index is 12.6. The maximum Gasteiger partial charge on any atom is 0.270 e. The van der Waals surface area contributed by atoms with Crippen LogP contribution in [0.15, 0.2) is 68.4 Å². The van der Waals surface area contributed by atoms with Gasteiger partial charge in [-0.15, -0.1) is 0 Å². The summed E-state index contributed by atoms with van der Waals surface area (Å²) in [5.74, 6) is -0.273. The van der Waals surface area contributed by atoms with E-state index in [1.807, 2.05) is 32.0 Å². The SMILES string of the molecule is Cc1cc(C)cc(NC(=O)CSc2ncc(S(=O)(=O)c3ccc(Cl)cc3)c(=O)[nH]2)c1. The lowest BCUT2D eigenvalue weighted by atomic mass is 10.1. The van der Waals surface area contributed by atoms with Gasteiger partial charge in [0.15, 0.2) is 10.1 Å². The van der Waals surface area contributed by atoms with Gasteiger partial charge in [-0.25, -0.2) is 13.4 Å². The van der Waals surface area contributed by atoms with Gasteiger partial charge in [-0.3, -0.25) is 9.59 Å². The van der Waals surface area contributed by atoms with Crippen LogP contribution in [0.1, 0.15) is 11.1 Å². The molecule has 2 aromatic carbocycles. The van der Waals surface area contributed by atoms with Crippen molar-refractivity contribution in [2.75, 3.05) is 11.1 Å². The van der Waals surface area contributed by atoms with Crippen LogP contribution in [-0.2, 0) is 14.6 Å². The van der Waals surface area contributed by atoms with Crippen LogP contribution in [0.3, 0.4) is 0 Å². The Morgan fingerprint density at radius 1 is 1.13 bits per heavy atom. The van der Waals surface area contributed by atoms with Crippen molar-refractivity contribution in [1.29, 1.82) is 0 Å². The number of H-pyrrole nitrogens is 1. The molecule has 0 radical (unpaired) electrons. The van der Waals surface area contributed by atoms with E-state index in [-0.39, 0.29) is 21.7 Å². The van der Waals surface area contributed by atoms with E-state index in [1.54, 1.807) is 0 Å². The molecule has 0 bridgehead atoms. The lowest BCUT2D eigenvalue weighted by molar-refractivity contribution is -0.113. The number of halogens is 1. The Hall–Kier alpha value is -2.62. The molecule has 0 aliphatic carbocycles. The minimum atomic E-state index is -4.04. The summed E-state index contributed by atoms with van der Waals surface area (Å²) >= 11 is 6.77. The highest BCUT2D eigenvalue weighted by atomic mass is 35.5. The molecule has 1 amide bonds. The molecule has 2 N–H and O–H groups in total. The van der Waals surface area contributed by atoms with Crippen molar-refractivity contribution in [3.8, 4) is 0 Å². The van der Waals surface area contributed by atoms with Gasteiger partial charge in [-0.2, -0.15) is 0 Å². The third-order valence-corrected chi connectivity index (χ3v) is 6.90. The van der Waals surface area contributed by atoms with Crippen LogP contribution in [0.4, 0.5) is 5.69 Å². The molecule has 0 saturated carbocycles. The first kappa shape index (κ1) is 22.1. The molecule has 3 aromatic rings. The van der Waals surface area contributed by atoms with Gasteiger partial charge in [0.05, 0.1) is 16.8 Å². The highest BCUT2D eigenvalue weighted by Crippen LogP contribution is 2.21. The number of rotatable bonds is 6. The average molecular weight is 464 g/mol. The molecular weight excluding hydrogens is 446 g/mol. The molecule has 156 valence electrons. The fraction of sp³-hybridized carbons (Fsp3) is 0.150. The van der Waals surface area contributed by atoms with Crippen molar-refractivity contribution in [3.05, 3.63) is 75.2 Å². The summed E-state index contributed by atoms with van der Waals surface area (Å²) in [6, 6.07) is 11.2. The standard InChI is InChI=1S/C20H18ClN3O4S2/c1-12-7-13(2)9-15(8-12)23-18(25)11-29-20-22-10-17(19(26)24-20)30(27,28)16-5-3-14(21)4-6-16/h3-10H,11H2,1-2H3,(H,23,25)(H,22,24,26). The third-order valence-electron chi connectivity index (χ3n) is 4.00. The number of aromatic nitrogens is 2. The monoisotopic (exact) mass is 463 g/mol. The fourth-order valence-corrected chi connectivity index (χ4v) is 4.74. The second-order valence-corrected chi connectivity index (χ2v) is 9.87. The van der Waals surface area contributed by atoms with Crippen LogP contribution in [0.5, 0.6) is 0 Å². The Morgan fingerprint density at radius 2 is 1.77 bits per heavy atom. The van der Waals surface area contributed by atoms with Crippen LogP contribution in [0.25, 0.3) is 0 Å². The quantitative estimate of drug-likeness (QED) is 0.427. The van der Waals surface area contributed by atoms with Gasteiger partial charge in [0.25, 0.3) is 5.56 Å². The van der Waals surface area contributed by atoms with Gasteiger partial charge in [0.1, 0.15) is 0 Å². The summed E-state index contributed by atoms with van der Waals surface area (Å²) in [5.41, 5.74) is 1.93. The number of hydrogen-bond acceptors (Lipinski definition) is 6. The smallest absolute Gasteiger partial charge is 0.270 e. The van der Waals surface area contributed by atoms with Crippen molar-refractivity contribution in [1.82, 2.24) is 9.97 Å². The Morgan fingerprint density at radius 3 is 2.37 bits per heavy atom. The first-order valence-corrected chi connectivity index (χ1v) is 11.6. The summed E-state index contributed by atoms with van der Waals surface area (Å²) in [6.07, 6.45) is 0.993. The van der Waals surface area contributed by atoms with Crippen molar-refractivity contribution >= 4 is 44.8 Å². The number of aryl methyl sites for hydroxylation is 2. The number of sulfone groups is 1. The minimum Gasteiger partial charge on any atom is -0.325 e. The summed E-state index contributed by atoms with van der Waals surface area (Å²) < 4.78 is 25.3. The zero-order valence-corrected chi connectivity index (χ0v) is 18.5. The topological polar surface area (TPSA) is 109 Å². The van der Waals surface area contributed by atoms with Gasteiger partial charge in [-0.05, 0) is 61.4 Å².